The Labute approximate surface area is 157 Å². The number of aliphatic carboxylic acids is 1. The molecule has 0 saturated carbocycles. The van der Waals surface area contributed by atoms with E-state index in [-0.39, 0.29) is 30.8 Å². The summed E-state index contributed by atoms with van der Waals surface area (Å²) in [5.74, 6) is 0.607. The second kappa shape index (κ2) is 8.39. The predicted molar refractivity (Wildman–Crippen MR) is 98.7 cm³/mol. The topological polar surface area (TPSA) is 105 Å². The Bertz CT molecular complexity index is 819. The molecule has 2 N–H and O–H groups in total. The van der Waals surface area contributed by atoms with Crippen LogP contribution in [0.2, 0.25) is 0 Å². The first kappa shape index (κ1) is 19.2. The number of piperidine rings is 1. The monoisotopic (exact) mass is 375 g/mol. The minimum atomic E-state index is -0.812. The highest BCUT2D eigenvalue weighted by atomic mass is 16.5. The summed E-state index contributed by atoms with van der Waals surface area (Å²) in [6, 6.07) is 5.67. The maximum absolute atomic E-state index is 12.2. The van der Waals surface area contributed by atoms with Crippen LogP contribution in [-0.4, -0.2) is 65.8 Å². The average molecular weight is 375 g/mol. The molecule has 1 aliphatic rings. The molecule has 0 aliphatic carbocycles. The number of nitrogens with zero attached hydrogens (tertiary/aromatic N) is 2. The smallest absolute Gasteiger partial charge is 0.303 e. The fraction of sp³-hybridized carbons (Fsp3) is 0.526. The summed E-state index contributed by atoms with van der Waals surface area (Å²) in [7, 11) is 3.10. The van der Waals surface area contributed by atoms with Gasteiger partial charge in [-0.3, -0.25) is 9.59 Å². The molecule has 2 atom stereocenters. The van der Waals surface area contributed by atoms with E-state index < -0.39 is 5.97 Å². The van der Waals surface area contributed by atoms with Crippen molar-refractivity contribution in [1.29, 1.82) is 0 Å². The number of benzene rings is 1. The lowest BCUT2D eigenvalue weighted by Crippen LogP contribution is -2.46. The van der Waals surface area contributed by atoms with Crippen LogP contribution in [0.5, 0.6) is 5.75 Å². The normalized spacial score (nSPS) is 20.0. The molecule has 0 radical (unpaired) electrons. The van der Waals surface area contributed by atoms with Gasteiger partial charge in [-0.2, -0.15) is 0 Å². The number of hydrogen-bond donors (Lipinski definition) is 2. The summed E-state index contributed by atoms with van der Waals surface area (Å²) in [6.45, 7) is 1.11. The van der Waals surface area contributed by atoms with Crippen LogP contribution < -0.4 is 4.74 Å². The van der Waals surface area contributed by atoms with E-state index in [2.05, 4.69) is 9.97 Å². The molecule has 2 aromatic rings. The molecular weight excluding hydrogens is 350 g/mol. The SMILES string of the molecule is COCC(=O)N1CC[C@@H](CC(=O)O)[C@@H](Cc2nc3c(OC)cccc3[nH]2)C1. The molecule has 3 rings (SSSR count). The number of H-pyrrole nitrogens is 1. The van der Waals surface area contributed by atoms with Gasteiger partial charge in [-0.25, -0.2) is 4.98 Å². The molecule has 0 unspecified atom stereocenters. The second-order valence-corrected chi connectivity index (χ2v) is 6.92. The van der Waals surface area contributed by atoms with Gasteiger partial charge >= 0.3 is 5.97 Å². The van der Waals surface area contributed by atoms with Crippen LogP contribution in [0.4, 0.5) is 0 Å². The molecule has 1 saturated heterocycles. The predicted octanol–water partition coefficient (Wildman–Crippen LogP) is 1.70. The third-order valence-corrected chi connectivity index (χ3v) is 5.15. The number of carboxylic acid groups (broad SMARTS) is 1. The summed E-state index contributed by atoms with van der Waals surface area (Å²) < 4.78 is 10.3. The third kappa shape index (κ3) is 4.39. The summed E-state index contributed by atoms with van der Waals surface area (Å²) in [5, 5.41) is 9.25. The lowest BCUT2D eigenvalue weighted by atomic mass is 9.81. The zero-order valence-electron chi connectivity index (χ0n) is 15.6. The molecule has 8 heteroatoms. The first-order valence-corrected chi connectivity index (χ1v) is 9.02. The van der Waals surface area contributed by atoms with Gasteiger partial charge in [-0.1, -0.05) is 6.07 Å². The first-order valence-electron chi connectivity index (χ1n) is 9.02. The summed E-state index contributed by atoms with van der Waals surface area (Å²) in [5.41, 5.74) is 1.63. The number of methoxy groups -OCH3 is 2. The Kier molecular flexibility index (Phi) is 5.95. The Morgan fingerprint density at radius 2 is 2.15 bits per heavy atom. The van der Waals surface area contributed by atoms with Crippen molar-refractivity contribution in [2.45, 2.75) is 19.3 Å². The molecule has 8 nitrogen and oxygen atoms in total. The van der Waals surface area contributed by atoms with E-state index >= 15 is 0 Å². The van der Waals surface area contributed by atoms with Gasteiger partial charge in [0, 0.05) is 33.0 Å². The number of carbonyl (C=O) groups excluding carboxylic acids is 1. The Morgan fingerprint density at radius 1 is 1.33 bits per heavy atom. The summed E-state index contributed by atoms with van der Waals surface area (Å²) in [4.78, 5) is 33.2. The number of nitrogens with one attached hydrogen (secondary N) is 1. The molecule has 1 aromatic carbocycles. The summed E-state index contributed by atoms with van der Waals surface area (Å²) >= 11 is 0. The Hall–Kier alpha value is -2.61. The van der Waals surface area contributed by atoms with Crippen LogP contribution in [0.25, 0.3) is 11.0 Å². The number of imidazole rings is 1. The van der Waals surface area contributed by atoms with Gasteiger partial charge in [0.1, 0.15) is 23.7 Å². The van der Waals surface area contributed by atoms with Crippen LogP contribution in [0.15, 0.2) is 18.2 Å². The van der Waals surface area contributed by atoms with Gasteiger partial charge < -0.3 is 24.5 Å². The fourth-order valence-corrected chi connectivity index (χ4v) is 3.81. The quantitative estimate of drug-likeness (QED) is 0.763. The number of carboxylic acids is 1. The van der Waals surface area contributed by atoms with Crippen molar-refractivity contribution in [2.75, 3.05) is 33.9 Å². The van der Waals surface area contributed by atoms with E-state index in [1.807, 2.05) is 18.2 Å². The van der Waals surface area contributed by atoms with E-state index in [0.29, 0.717) is 31.7 Å². The molecule has 1 fully saturated rings. The molecule has 146 valence electrons. The Morgan fingerprint density at radius 3 is 2.85 bits per heavy atom. The van der Waals surface area contributed by atoms with Gasteiger partial charge in [-0.15, -0.1) is 0 Å². The number of likely N-dealkylation sites (tertiary alicyclic amines) is 1. The third-order valence-electron chi connectivity index (χ3n) is 5.15. The Balaban J connectivity index is 1.81. The molecule has 27 heavy (non-hydrogen) atoms. The molecule has 1 aromatic heterocycles. The lowest BCUT2D eigenvalue weighted by molar-refractivity contribution is -0.141. The molecule has 1 aliphatic heterocycles. The van der Waals surface area contributed by atoms with E-state index in [9.17, 15) is 14.7 Å². The van der Waals surface area contributed by atoms with Crippen molar-refractivity contribution in [1.82, 2.24) is 14.9 Å². The maximum Gasteiger partial charge on any atom is 0.303 e. The first-order chi connectivity index (χ1) is 13.0. The van der Waals surface area contributed by atoms with Crippen molar-refractivity contribution in [3.8, 4) is 5.75 Å². The van der Waals surface area contributed by atoms with Gasteiger partial charge in [0.05, 0.1) is 12.6 Å². The number of carbonyl (C=O) groups is 2. The van der Waals surface area contributed by atoms with E-state index in [4.69, 9.17) is 9.47 Å². The van der Waals surface area contributed by atoms with Crippen LogP contribution in [-0.2, 0) is 20.7 Å². The number of aromatic nitrogens is 2. The number of rotatable bonds is 7. The number of ether oxygens (including phenoxy) is 2. The number of aromatic amines is 1. The van der Waals surface area contributed by atoms with Crippen molar-refractivity contribution < 1.29 is 24.2 Å². The molecule has 0 spiro atoms. The number of hydrogen-bond acceptors (Lipinski definition) is 5. The van der Waals surface area contributed by atoms with Crippen LogP contribution in [0, 0.1) is 11.8 Å². The zero-order valence-corrected chi connectivity index (χ0v) is 15.6. The van der Waals surface area contributed by atoms with E-state index in [0.717, 1.165) is 16.9 Å². The summed E-state index contributed by atoms with van der Waals surface area (Å²) in [6.07, 6.45) is 1.34. The van der Waals surface area contributed by atoms with Crippen molar-refractivity contribution in [3.05, 3.63) is 24.0 Å². The minimum absolute atomic E-state index is 0.00389. The van der Waals surface area contributed by atoms with E-state index in [1.165, 1.54) is 7.11 Å². The zero-order chi connectivity index (χ0) is 19.4. The maximum atomic E-state index is 12.2. The average Bonchev–Trinajstić information content (AvgIpc) is 3.05. The van der Waals surface area contributed by atoms with Gasteiger partial charge in [0.2, 0.25) is 5.91 Å². The number of fused-ring (bicyclic) bond motifs is 1. The number of para-hydroxylation sites is 1. The van der Waals surface area contributed by atoms with Crippen LogP contribution in [0.3, 0.4) is 0 Å². The van der Waals surface area contributed by atoms with Crippen LogP contribution >= 0.6 is 0 Å². The second-order valence-electron chi connectivity index (χ2n) is 6.92. The van der Waals surface area contributed by atoms with E-state index in [1.54, 1.807) is 12.0 Å². The molecule has 1 amide bonds. The molecule has 0 bridgehead atoms. The fourth-order valence-electron chi connectivity index (χ4n) is 3.81. The van der Waals surface area contributed by atoms with Gasteiger partial charge in [-0.05, 0) is 30.4 Å². The van der Waals surface area contributed by atoms with Crippen molar-refractivity contribution in [3.63, 3.8) is 0 Å². The van der Waals surface area contributed by atoms with Gasteiger partial charge in [0.25, 0.3) is 0 Å². The molecule has 2 heterocycles. The van der Waals surface area contributed by atoms with Crippen molar-refractivity contribution in [2.24, 2.45) is 11.8 Å². The van der Waals surface area contributed by atoms with Crippen LogP contribution in [0.1, 0.15) is 18.7 Å². The standard InChI is InChI=1S/C19H25N3O5/c1-26-11-17(23)22-7-6-12(9-18(24)25)13(10-22)8-16-20-14-4-3-5-15(27-2)19(14)21-16/h3-5,12-13H,6-11H2,1-2H3,(H,20,21)(H,24,25)/t12-,13-/m0/s1. The highest BCUT2D eigenvalue weighted by Crippen LogP contribution is 2.31. The van der Waals surface area contributed by atoms with Crippen molar-refractivity contribution >= 4 is 22.9 Å². The highest BCUT2D eigenvalue weighted by Gasteiger charge is 2.33. The minimum Gasteiger partial charge on any atom is -0.494 e. The lowest BCUT2D eigenvalue weighted by Gasteiger charge is -2.37. The number of amides is 1. The molecular formula is C19H25N3O5. The largest absolute Gasteiger partial charge is 0.494 e. The van der Waals surface area contributed by atoms with Gasteiger partial charge in [0.15, 0.2) is 0 Å². The highest BCUT2D eigenvalue weighted by molar-refractivity contribution is 5.81.